The lowest BCUT2D eigenvalue weighted by Crippen LogP contribution is -2.42. The number of nitrogens with one attached hydrogen (secondary N) is 1. The van der Waals surface area contributed by atoms with Crippen molar-refractivity contribution in [2.24, 2.45) is 0 Å². The van der Waals surface area contributed by atoms with Gasteiger partial charge in [-0.1, -0.05) is 29.8 Å². The van der Waals surface area contributed by atoms with Crippen LogP contribution in [0.1, 0.15) is 24.8 Å². The van der Waals surface area contributed by atoms with Gasteiger partial charge in [-0.05, 0) is 37.0 Å². The number of benzene rings is 1. The summed E-state index contributed by atoms with van der Waals surface area (Å²) in [5.74, 6) is -0.854. The predicted molar refractivity (Wildman–Crippen MR) is 87.7 cm³/mol. The maximum atomic E-state index is 12.0. The maximum absolute atomic E-state index is 12.0. The molecule has 1 aromatic carbocycles. The molecular formula is C17H19ClN2O3. The second kappa shape index (κ2) is 10.4. The summed E-state index contributed by atoms with van der Waals surface area (Å²) < 4.78 is 4.81. The number of hydrogen-bond acceptors (Lipinski definition) is 4. The Kier molecular flexibility index (Phi) is 8.48. The fraction of sp³-hybridized carbons (Fsp3) is 0.353. The van der Waals surface area contributed by atoms with E-state index in [0.717, 1.165) is 5.56 Å². The fourth-order valence-electron chi connectivity index (χ4n) is 1.91. The van der Waals surface area contributed by atoms with Gasteiger partial charge in [-0.15, -0.1) is 6.58 Å². The molecule has 0 bridgehead atoms. The maximum Gasteiger partial charge on any atom is 0.329 e. The largest absolute Gasteiger partial charge is 0.449 e. The lowest BCUT2D eigenvalue weighted by Gasteiger charge is -2.17. The highest BCUT2D eigenvalue weighted by molar-refractivity contribution is 6.30. The molecule has 0 saturated carbocycles. The molecule has 1 atom stereocenters. The van der Waals surface area contributed by atoms with Crippen LogP contribution in [0, 0.1) is 11.3 Å². The van der Waals surface area contributed by atoms with Gasteiger partial charge in [-0.3, -0.25) is 4.79 Å². The van der Waals surface area contributed by atoms with Gasteiger partial charge < -0.3 is 10.1 Å². The number of amides is 1. The average molecular weight is 335 g/mol. The van der Waals surface area contributed by atoms with E-state index < -0.39 is 12.0 Å². The van der Waals surface area contributed by atoms with E-state index in [0.29, 0.717) is 24.3 Å². The first kappa shape index (κ1) is 18.7. The summed E-state index contributed by atoms with van der Waals surface area (Å²) in [4.78, 5) is 23.8. The SMILES string of the molecule is C=CCCC(=O)NC(CCc1ccc(Cl)cc1)C(=O)OCC#N. The molecule has 1 amide bonds. The van der Waals surface area contributed by atoms with Crippen molar-refractivity contribution in [1.82, 2.24) is 5.32 Å². The van der Waals surface area contributed by atoms with Crippen LogP contribution < -0.4 is 5.32 Å². The molecule has 1 rings (SSSR count). The van der Waals surface area contributed by atoms with Gasteiger partial charge in [0.15, 0.2) is 6.61 Å². The third-order valence-corrected chi connectivity index (χ3v) is 3.36. The van der Waals surface area contributed by atoms with E-state index in [9.17, 15) is 9.59 Å². The number of aryl methyl sites for hydroxylation is 1. The highest BCUT2D eigenvalue weighted by Gasteiger charge is 2.21. The van der Waals surface area contributed by atoms with E-state index in [1.54, 1.807) is 24.3 Å². The van der Waals surface area contributed by atoms with E-state index in [1.165, 1.54) is 0 Å². The van der Waals surface area contributed by atoms with E-state index in [-0.39, 0.29) is 18.9 Å². The summed E-state index contributed by atoms with van der Waals surface area (Å²) in [6.45, 7) is 3.22. The summed E-state index contributed by atoms with van der Waals surface area (Å²) in [7, 11) is 0. The third kappa shape index (κ3) is 7.48. The Bertz CT molecular complexity index is 578. The molecule has 0 heterocycles. The van der Waals surface area contributed by atoms with Crippen molar-refractivity contribution >= 4 is 23.5 Å². The Labute approximate surface area is 140 Å². The topological polar surface area (TPSA) is 79.2 Å². The highest BCUT2D eigenvalue weighted by atomic mass is 35.5. The van der Waals surface area contributed by atoms with Crippen molar-refractivity contribution in [3.05, 3.63) is 47.5 Å². The van der Waals surface area contributed by atoms with Crippen LogP contribution in [0.4, 0.5) is 0 Å². The average Bonchev–Trinajstić information content (AvgIpc) is 2.55. The molecule has 6 heteroatoms. The fourth-order valence-corrected chi connectivity index (χ4v) is 2.04. The molecular weight excluding hydrogens is 316 g/mol. The number of nitrogens with zero attached hydrogens (tertiary/aromatic N) is 1. The molecule has 23 heavy (non-hydrogen) atoms. The minimum absolute atomic E-state index is 0.250. The van der Waals surface area contributed by atoms with Gasteiger partial charge in [0.25, 0.3) is 0 Å². The van der Waals surface area contributed by atoms with E-state index in [2.05, 4.69) is 11.9 Å². The minimum Gasteiger partial charge on any atom is -0.449 e. The van der Waals surface area contributed by atoms with E-state index in [4.69, 9.17) is 21.6 Å². The molecule has 0 aliphatic rings. The molecule has 0 fully saturated rings. The van der Waals surface area contributed by atoms with Crippen LogP contribution in [0.2, 0.25) is 5.02 Å². The van der Waals surface area contributed by atoms with Crippen molar-refractivity contribution in [3.8, 4) is 6.07 Å². The first-order chi connectivity index (χ1) is 11.1. The lowest BCUT2D eigenvalue weighted by atomic mass is 10.0. The Morgan fingerprint density at radius 1 is 1.39 bits per heavy atom. The van der Waals surface area contributed by atoms with Gasteiger partial charge >= 0.3 is 5.97 Å². The van der Waals surface area contributed by atoms with Crippen LogP contribution in [0.5, 0.6) is 0 Å². The van der Waals surface area contributed by atoms with E-state index in [1.807, 2.05) is 12.1 Å². The van der Waals surface area contributed by atoms with Crippen LogP contribution in [0.3, 0.4) is 0 Å². The third-order valence-electron chi connectivity index (χ3n) is 3.11. The molecule has 1 aromatic rings. The smallest absolute Gasteiger partial charge is 0.329 e. The number of ether oxygens (including phenoxy) is 1. The number of rotatable bonds is 9. The summed E-state index contributed by atoms with van der Waals surface area (Å²) in [5.41, 5.74) is 0.993. The zero-order chi connectivity index (χ0) is 17.1. The van der Waals surface area contributed by atoms with Crippen LogP contribution in [-0.2, 0) is 20.7 Å². The van der Waals surface area contributed by atoms with Crippen molar-refractivity contribution in [2.75, 3.05) is 6.61 Å². The Hall–Kier alpha value is -2.32. The van der Waals surface area contributed by atoms with Crippen molar-refractivity contribution in [1.29, 1.82) is 5.26 Å². The highest BCUT2D eigenvalue weighted by Crippen LogP contribution is 2.12. The predicted octanol–water partition coefficient (Wildman–Crippen LogP) is 2.79. The van der Waals surface area contributed by atoms with Gasteiger partial charge in [0.05, 0.1) is 0 Å². The number of hydrogen-bond donors (Lipinski definition) is 1. The number of allylic oxidation sites excluding steroid dienone is 1. The van der Waals surface area contributed by atoms with Crippen molar-refractivity contribution < 1.29 is 14.3 Å². The first-order valence-corrected chi connectivity index (χ1v) is 7.63. The second-order valence-corrected chi connectivity index (χ2v) is 5.31. The molecule has 0 radical (unpaired) electrons. The molecule has 122 valence electrons. The quantitative estimate of drug-likeness (QED) is 0.556. The van der Waals surface area contributed by atoms with Crippen molar-refractivity contribution in [2.45, 2.75) is 31.7 Å². The monoisotopic (exact) mass is 334 g/mol. The number of nitriles is 1. The molecule has 0 spiro atoms. The first-order valence-electron chi connectivity index (χ1n) is 7.25. The molecule has 0 saturated heterocycles. The number of carbonyl (C=O) groups is 2. The van der Waals surface area contributed by atoms with Gasteiger partial charge in [-0.2, -0.15) is 5.26 Å². The molecule has 0 aliphatic carbocycles. The van der Waals surface area contributed by atoms with Crippen LogP contribution >= 0.6 is 11.6 Å². The number of carbonyl (C=O) groups excluding carboxylic acids is 2. The molecule has 1 unspecified atom stereocenters. The van der Waals surface area contributed by atoms with Gasteiger partial charge in [0.2, 0.25) is 5.91 Å². The van der Waals surface area contributed by atoms with Crippen LogP contribution in [-0.4, -0.2) is 24.5 Å². The zero-order valence-corrected chi connectivity index (χ0v) is 13.5. The van der Waals surface area contributed by atoms with Crippen LogP contribution in [0.15, 0.2) is 36.9 Å². The standard InChI is InChI=1S/C17H19ClN2O3/c1-2-3-4-16(21)20-15(17(22)23-12-11-19)10-7-13-5-8-14(18)9-6-13/h2,5-6,8-9,15H,1,3-4,7,10,12H2,(H,20,21). The second-order valence-electron chi connectivity index (χ2n) is 4.88. The molecule has 0 aliphatic heterocycles. The Balaban J connectivity index is 2.64. The normalized spacial score (nSPS) is 11.1. The summed E-state index contributed by atoms with van der Waals surface area (Å²) in [5, 5.41) is 11.8. The summed E-state index contributed by atoms with van der Waals surface area (Å²) in [6.07, 6.45) is 3.38. The zero-order valence-electron chi connectivity index (χ0n) is 12.8. The number of halogens is 1. The van der Waals surface area contributed by atoms with Crippen molar-refractivity contribution in [3.63, 3.8) is 0 Å². The Morgan fingerprint density at radius 2 is 2.09 bits per heavy atom. The minimum atomic E-state index is -0.781. The summed E-state index contributed by atoms with van der Waals surface area (Å²) >= 11 is 5.83. The lowest BCUT2D eigenvalue weighted by molar-refractivity contribution is -0.146. The van der Waals surface area contributed by atoms with Gasteiger partial charge in [0, 0.05) is 11.4 Å². The molecule has 1 N–H and O–H groups in total. The van der Waals surface area contributed by atoms with Gasteiger partial charge in [0.1, 0.15) is 12.1 Å². The van der Waals surface area contributed by atoms with Crippen LogP contribution in [0.25, 0.3) is 0 Å². The Morgan fingerprint density at radius 3 is 2.70 bits per heavy atom. The van der Waals surface area contributed by atoms with Gasteiger partial charge in [-0.25, -0.2) is 4.79 Å². The molecule has 0 aromatic heterocycles. The number of esters is 1. The molecule has 5 nitrogen and oxygen atoms in total. The van der Waals surface area contributed by atoms with E-state index >= 15 is 0 Å². The summed E-state index contributed by atoms with van der Waals surface area (Å²) in [6, 6.07) is 8.21.